The molecule has 8 heteroatoms. The van der Waals surface area contributed by atoms with E-state index < -0.39 is 22.8 Å². The van der Waals surface area contributed by atoms with Crippen LogP contribution in [-0.4, -0.2) is 23.5 Å². The number of halogens is 3. The van der Waals surface area contributed by atoms with Gasteiger partial charge in [-0.15, -0.1) is 0 Å². The number of aromatic nitrogens is 1. The Morgan fingerprint density at radius 2 is 1.83 bits per heavy atom. The molecule has 2 aromatic rings. The smallest absolute Gasteiger partial charge is 0.372 e. The maximum Gasteiger partial charge on any atom is 0.417 e. The van der Waals surface area contributed by atoms with E-state index in [0.29, 0.717) is 11.8 Å². The molecule has 0 aliphatic rings. The zero-order valence-corrected chi connectivity index (χ0v) is 12.8. The predicted octanol–water partition coefficient (Wildman–Crippen LogP) is 2.48. The molecule has 0 unspecified atom stereocenters. The molecule has 2 rings (SSSR count). The molecular formula is C15H16F3N3O2. The van der Waals surface area contributed by atoms with Crippen LogP contribution in [0.3, 0.4) is 0 Å². The highest BCUT2D eigenvalue weighted by atomic mass is 19.4. The number of alkyl halides is 3. The zero-order valence-electron chi connectivity index (χ0n) is 12.8. The Labute approximate surface area is 129 Å². The van der Waals surface area contributed by atoms with Crippen LogP contribution in [0.1, 0.15) is 19.4 Å². The molecule has 0 saturated heterocycles. The highest BCUT2D eigenvalue weighted by Gasteiger charge is 2.33. The van der Waals surface area contributed by atoms with Gasteiger partial charge in [0.25, 0.3) is 0 Å². The molecule has 0 aliphatic heterocycles. The Morgan fingerprint density at radius 1 is 1.17 bits per heavy atom. The lowest BCUT2D eigenvalue weighted by Gasteiger charge is -2.25. The number of H-pyrrole nitrogens is 1. The molecular weight excluding hydrogens is 311 g/mol. The number of rotatable bonds is 3. The van der Waals surface area contributed by atoms with Crippen LogP contribution in [0.15, 0.2) is 29.1 Å². The number of amides is 1. The van der Waals surface area contributed by atoms with Crippen molar-refractivity contribution in [2.75, 3.05) is 12.4 Å². The molecule has 1 amide bonds. The fourth-order valence-electron chi connectivity index (χ4n) is 2.30. The van der Waals surface area contributed by atoms with Crippen molar-refractivity contribution in [3.05, 3.63) is 40.2 Å². The molecule has 0 saturated carbocycles. The van der Waals surface area contributed by atoms with Crippen LogP contribution < -0.4 is 16.2 Å². The summed E-state index contributed by atoms with van der Waals surface area (Å²) in [4.78, 5) is 25.6. The van der Waals surface area contributed by atoms with Gasteiger partial charge >= 0.3 is 6.18 Å². The van der Waals surface area contributed by atoms with E-state index in [9.17, 15) is 22.8 Å². The van der Waals surface area contributed by atoms with Crippen LogP contribution in [0.4, 0.5) is 18.9 Å². The average molecular weight is 327 g/mol. The van der Waals surface area contributed by atoms with Gasteiger partial charge in [-0.1, -0.05) is 6.07 Å². The van der Waals surface area contributed by atoms with Gasteiger partial charge in [0.2, 0.25) is 11.5 Å². The van der Waals surface area contributed by atoms with Crippen LogP contribution in [0, 0.1) is 0 Å². The summed E-state index contributed by atoms with van der Waals surface area (Å²) >= 11 is 0. The molecule has 3 N–H and O–H groups in total. The van der Waals surface area contributed by atoms with E-state index in [-0.39, 0.29) is 16.8 Å². The number of pyridine rings is 1. The first kappa shape index (κ1) is 16.9. The van der Waals surface area contributed by atoms with Gasteiger partial charge in [0.05, 0.1) is 11.1 Å². The fourth-order valence-corrected chi connectivity index (χ4v) is 2.30. The maximum atomic E-state index is 13.0. The zero-order chi connectivity index (χ0) is 17.4. The number of carbonyl (C=O) groups is 1. The molecule has 5 nitrogen and oxygen atoms in total. The summed E-state index contributed by atoms with van der Waals surface area (Å²) in [7, 11) is 1.49. The van der Waals surface area contributed by atoms with Crippen LogP contribution in [0.25, 0.3) is 10.9 Å². The van der Waals surface area contributed by atoms with Crippen molar-refractivity contribution >= 4 is 22.5 Å². The van der Waals surface area contributed by atoms with Crippen molar-refractivity contribution in [2.24, 2.45) is 0 Å². The first-order valence-electron chi connectivity index (χ1n) is 6.79. The van der Waals surface area contributed by atoms with Gasteiger partial charge < -0.3 is 15.6 Å². The van der Waals surface area contributed by atoms with Crippen molar-refractivity contribution in [2.45, 2.75) is 25.6 Å². The second kappa shape index (κ2) is 5.60. The van der Waals surface area contributed by atoms with E-state index in [0.717, 1.165) is 0 Å². The van der Waals surface area contributed by atoms with Gasteiger partial charge in [0, 0.05) is 24.2 Å². The van der Waals surface area contributed by atoms with Gasteiger partial charge in [0.1, 0.15) is 5.54 Å². The minimum atomic E-state index is -4.62. The molecule has 0 spiro atoms. The Bertz CT molecular complexity index is 810. The van der Waals surface area contributed by atoms with Crippen molar-refractivity contribution in [1.29, 1.82) is 0 Å². The number of nitrogens with one attached hydrogen (secondary N) is 3. The first-order valence-corrected chi connectivity index (χ1v) is 6.79. The van der Waals surface area contributed by atoms with Crippen LogP contribution in [0.5, 0.6) is 0 Å². The molecule has 124 valence electrons. The Morgan fingerprint density at radius 3 is 2.39 bits per heavy atom. The van der Waals surface area contributed by atoms with E-state index in [1.54, 1.807) is 13.8 Å². The van der Waals surface area contributed by atoms with Crippen molar-refractivity contribution in [3.8, 4) is 0 Å². The van der Waals surface area contributed by atoms with Gasteiger partial charge in [-0.2, -0.15) is 13.2 Å². The third-order valence-electron chi connectivity index (χ3n) is 3.40. The van der Waals surface area contributed by atoms with Gasteiger partial charge in [-0.3, -0.25) is 9.59 Å². The Hall–Kier alpha value is -2.51. The lowest BCUT2D eigenvalue weighted by atomic mass is 10.0. The summed E-state index contributed by atoms with van der Waals surface area (Å²) in [6, 6.07) is 4.59. The second-order valence-corrected chi connectivity index (χ2v) is 5.63. The SMILES string of the molecule is CNC(=O)C(C)(C)Nc1ccc2c(C(F)(F)F)cc(=O)[nH]c2c1. The third kappa shape index (κ3) is 3.46. The lowest BCUT2D eigenvalue weighted by molar-refractivity contribution is -0.136. The lowest BCUT2D eigenvalue weighted by Crippen LogP contribution is -2.46. The van der Waals surface area contributed by atoms with Gasteiger partial charge in [0.15, 0.2) is 0 Å². The van der Waals surface area contributed by atoms with Crippen LogP contribution >= 0.6 is 0 Å². The van der Waals surface area contributed by atoms with Gasteiger partial charge in [-0.05, 0) is 26.0 Å². The molecule has 1 aromatic carbocycles. The highest BCUT2D eigenvalue weighted by Crippen LogP contribution is 2.34. The molecule has 0 fully saturated rings. The highest BCUT2D eigenvalue weighted by molar-refractivity contribution is 5.90. The van der Waals surface area contributed by atoms with Crippen molar-refractivity contribution < 1.29 is 18.0 Å². The molecule has 0 radical (unpaired) electrons. The molecule has 0 bridgehead atoms. The monoisotopic (exact) mass is 327 g/mol. The van der Waals surface area contributed by atoms with E-state index in [4.69, 9.17) is 0 Å². The first-order chi connectivity index (χ1) is 10.5. The summed E-state index contributed by atoms with van der Waals surface area (Å²) in [6.45, 7) is 3.26. The Balaban J connectivity index is 2.52. The number of hydrogen-bond donors (Lipinski definition) is 3. The number of anilines is 1. The second-order valence-electron chi connectivity index (χ2n) is 5.63. The minimum Gasteiger partial charge on any atom is -0.372 e. The van der Waals surface area contributed by atoms with Crippen LogP contribution in [-0.2, 0) is 11.0 Å². The molecule has 1 heterocycles. The number of likely N-dealkylation sites (N-methyl/N-ethyl adjacent to an activating group) is 1. The summed E-state index contributed by atoms with van der Waals surface area (Å²) < 4.78 is 39.0. The molecule has 1 aromatic heterocycles. The molecule has 0 aliphatic carbocycles. The maximum absolute atomic E-state index is 13.0. The molecule has 23 heavy (non-hydrogen) atoms. The van der Waals surface area contributed by atoms with E-state index >= 15 is 0 Å². The number of carbonyl (C=O) groups excluding carboxylic acids is 1. The molecule has 0 atom stereocenters. The fraction of sp³-hybridized carbons (Fsp3) is 0.333. The topological polar surface area (TPSA) is 74.0 Å². The van der Waals surface area contributed by atoms with E-state index in [1.165, 1.54) is 25.2 Å². The Kier molecular flexibility index (Phi) is 4.10. The average Bonchev–Trinajstić information content (AvgIpc) is 2.43. The third-order valence-corrected chi connectivity index (χ3v) is 3.40. The summed E-state index contributed by atoms with van der Waals surface area (Å²) in [6.07, 6.45) is -4.62. The minimum absolute atomic E-state index is 0.0440. The number of aromatic amines is 1. The van der Waals surface area contributed by atoms with Crippen molar-refractivity contribution in [3.63, 3.8) is 0 Å². The summed E-state index contributed by atoms with van der Waals surface area (Å²) in [5.74, 6) is -0.282. The number of hydrogen-bond acceptors (Lipinski definition) is 3. The largest absolute Gasteiger partial charge is 0.417 e. The van der Waals surface area contributed by atoms with Crippen molar-refractivity contribution in [1.82, 2.24) is 10.3 Å². The summed E-state index contributed by atoms with van der Waals surface area (Å²) in [5, 5.41) is 5.31. The number of benzene rings is 1. The van der Waals surface area contributed by atoms with Crippen LogP contribution in [0.2, 0.25) is 0 Å². The number of fused-ring (bicyclic) bond motifs is 1. The van der Waals surface area contributed by atoms with E-state index in [1.807, 2.05) is 0 Å². The van der Waals surface area contributed by atoms with Gasteiger partial charge in [-0.25, -0.2) is 0 Å². The van der Waals surface area contributed by atoms with E-state index in [2.05, 4.69) is 15.6 Å². The predicted molar refractivity (Wildman–Crippen MR) is 81.3 cm³/mol. The quantitative estimate of drug-likeness (QED) is 0.811. The normalized spacial score (nSPS) is 12.3. The summed E-state index contributed by atoms with van der Waals surface area (Å²) in [5.41, 5.74) is -2.34. The standard InChI is InChI=1S/C15H16F3N3O2/c1-14(2,13(23)19-3)21-8-4-5-9-10(15(16,17)18)7-12(22)20-11(9)6-8/h4-7,21H,1-3H3,(H,19,23)(H,20,22).